The lowest BCUT2D eigenvalue weighted by atomic mass is 10.1. The third kappa shape index (κ3) is 7.48. The molecule has 0 amide bonds. The first-order chi connectivity index (χ1) is 16.3. The minimum atomic E-state index is -0.854. The zero-order chi connectivity index (χ0) is 25.1. The Morgan fingerprint density at radius 1 is 1.12 bits per heavy atom. The van der Waals surface area contributed by atoms with Crippen LogP contribution in [0.3, 0.4) is 0 Å². The summed E-state index contributed by atoms with van der Waals surface area (Å²) >= 11 is 0. The number of ether oxygens (including phenoxy) is 2. The van der Waals surface area contributed by atoms with Crippen molar-refractivity contribution in [3.63, 3.8) is 0 Å². The molecule has 0 aliphatic carbocycles. The maximum atomic E-state index is 12.2. The molecule has 2 rings (SSSR count). The molecular formula is C23H26N4O7. The van der Waals surface area contributed by atoms with E-state index in [0.717, 1.165) is 11.8 Å². The Bertz CT molecular complexity index is 1070. The largest absolute Gasteiger partial charge is 0.460 e. The highest BCUT2D eigenvalue weighted by Crippen LogP contribution is 2.28. The fourth-order valence-corrected chi connectivity index (χ4v) is 2.79. The van der Waals surface area contributed by atoms with E-state index in [1.165, 1.54) is 12.1 Å². The molecular weight excluding hydrogens is 444 g/mol. The van der Waals surface area contributed by atoms with Crippen LogP contribution in [0.15, 0.2) is 64.8 Å². The summed E-state index contributed by atoms with van der Waals surface area (Å²) in [5.41, 5.74) is 1.37. The van der Waals surface area contributed by atoms with Crippen molar-refractivity contribution in [3.05, 3.63) is 70.3 Å². The van der Waals surface area contributed by atoms with E-state index in [2.05, 4.69) is 16.8 Å². The fourth-order valence-electron chi connectivity index (χ4n) is 2.79. The van der Waals surface area contributed by atoms with E-state index >= 15 is 0 Å². The summed E-state index contributed by atoms with van der Waals surface area (Å²) in [7, 11) is 0. The molecule has 180 valence electrons. The molecule has 1 N–H and O–H groups in total. The summed E-state index contributed by atoms with van der Waals surface area (Å²) in [4.78, 5) is 36.2. The van der Waals surface area contributed by atoms with Gasteiger partial charge >= 0.3 is 11.9 Å². The van der Waals surface area contributed by atoms with Crippen LogP contribution in [-0.2, 0) is 14.3 Å². The number of aliphatic hydroxyl groups is 1. The van der Waals surface area contributed by atoms with E-state index in [1.54, 1.807) is 19.1 Å². The van der Waals surface area contributed by atoms with Crippen molar-refractivity contribution in [2.75, 3.05) is 37.8 Å². The molecule has 0 heterocycles. The van der Waals surface area contributed by atoms with E-state index in [4.69, 9.17) is 14.6 Å². The van der Waals surface area contributed by atoms with E-state index < -0.39 is 16.9 Å². The predicted octanol–water partition coefficient (Wildman–Crippen LogP) is 4.10. The van der Waals surface area contributed by atoms with Gasteiger partial charge in [0.05, 0.1) is 29.3 Å². The molecule has 34 heavy (non-hydrogen) atoms. The van der Waals surface area contributed by atoms with Gasteiger partial charge in [0.15, 0.2) is 0 Å². The number of carbonyl (C=O) groups is 2. The van der Waals surface area contributed by atoms with Crippen LogP contribution in [0.25, 0.3) is 0 Å². The van der Waals surface area contributed by atoms with Crippen LogP contribution in [-0.4, -0.2) is 54.9 Å². The first kappa shape index (κ1) is 26.1. The quantitative estimate of drug-likeness (QED) is 0.160. The molecule has 11 nitrogen and oxygen atoms in total. The second-order valence-corrected chi connectivity index (χ2v) is 7.03. The van der Waals surface area contributed by atoms with Crippen molar-refractivity contribution >= 4 is 34.7 Å². The number of hydrogen-bond acceptors (Lipinski definition) is 10. The zero-order valence-electron chi connectivity index (χ0n) is 19.0. The molecule has 0 aliphatic heterocycles. The summed E-state index contributed by atoms with van der Waals surface area (Å²) in [6.45, 7) is 7.88. The number of rotatable bonds is 12. The molecule has 0 atom stereocenters. The average molecular weight is 470 g/mol. The van der Waals surface area contributed by atoms with Crippen molar-refractivity contribution in [2.45, 2.75) is 13.8 Å². The molecule has 0 saturated carbocycles. The highest BCUT2D eigenvalue weighted by molar-refractivity contribution is 5.95. The van der Waals surface area contributed by atoms with Gasteiger partial charge in [-0.25, -0.2) is 9.59 Å². The SMILES string of the molecule is C=C(C)C(=O)OCCN(CC)c1ccc(/N=N/c2ccc([N+](=O)[O-])cc2C(=O)OCCO)cc1. The van der Waals surface area contributed by atoms with Gasteiger partial charge in [-0.3, -0.25) is 10.1 Å². The number of hydrogen-bond donors (Lipinski definition) is 1. The Morgan fingerprint density at radius 2 is 1.82 bits per heavy atom. The van der Waals surface area contributed by atoms with E-state index in [0.29, 0.717) is 24.4 Å². The summed E-state index contributed by atoms with van der Waals surface area (Å²) in [5.74, 6) is -1.29. The lowest BCUT2D eigenvalue weighted by molar-refractivity contribution is -0.384. The molecule has 0 unspecified atom stereocenters. The molecule has 0 aromatic heterocycles. The lowest BCUT2D eigenvalue weighted by Gasteiger charge is -2.22. The third-order valence-electron chi connectivity index (χ3n) is 4.55. The summed E-state index contributed by atoms with van der Waals surface area (Å²) < 4.78 is 10.0. The van der Waals surface area contributed by atoms with Crippen LogP contribution < -0.4 is 4.90 Å². The Morgan fingerprint density at radius 3 is 2.41 bits per heavy atom. The first-order valence-corrected chi connectivity index (χ1v) is 10.4. The second kappa shape index (κ2) is 12.8. The monoisotopic (exact) mass is 470 g/mol. The van der Waals surface area contributed by atoms with E-state index in [9.17, 15) is 19.7 Å². The Balaban J connectivity index is 2.14. The van der Waals surface area contributed by atoms with Crippen LogP contribution in [0, 0.1) is 10.1 Å². The Kier molecular flexibility index (Phi) is 9.84. The first-order valence-electron chi connectivity index (χ1n) is 10.4. The standard InChI is InChI=1S/C23H26N4O7/c1-4-26(11-13-33-22(29)16(2)3)18-7-5-17(6-8-18)24-25-21-10-9-19(27(31)32)15-20(21)23(30)34-14-12-28/h5-10,15,28H,2,4,11-14H2,1,3H3/b25-24+. The normalized spacial score (nSPS) is 10.7. The zero-order valence-corrected chi connectivity index (χ0v) is 19.0. The maximum Gasteiger partial charge on any atom is 0.340 e. The number of esters is 2. The number of non-ortho nitro benzene ring substituents is 1. The lowest BCUT2D eigenvalue weighted by Crippen LogP contribution is -2.28. The van der Waals surface area contributed by atoms with Gasteiger partial charge in [-0.1, -0.05) is 6.58 Å². The minimum absolute atomic E-state index is 0.0899. The van der Waals surface area contributed by atoms with Crippen LogP contribution >= 0.6 is 0 Å². The summed E-state index contributed by atoms with van der Waals surface area (Å²) in [6.07, 6.45) is 0. The number of likely N-dealkylation sites (N-methyl/N-ethyl adjacent to an activating group) is 1. The van der Waals surface area contributed by atoms with Gasteiger partial charge in [-0.2, -0.15) is 5.11 Å². The predicted molar refractivity (Wildman–Crippen MR) is 125 cm³/mol. The van der Waals surface area contributed by atoms with Gasteiger partial charge in [0, 0.05) is 29.9 Å². The Hall–Kier alpha value is -4.12. The van der Waals surface area contributed by atoms with E-state index in [-0.39, 0.29) is 36.8 Å². The highest BCUT2D eigenvalue weighted by atomic mass is 16.6. The summed E-state index contributed by atoms with van der Waals surface area (Å²) in [5, 5.41) is 28.0. The van der Waals surface area contributed by atoms with Gasteiger partial charge in [-0.15, -0.1) is 5.11 Å². The smallest absolute Gasteiger partial charge is 0.340 e. The van der Waals surface area contributed by atoms with Crippen molar-refractivity contribution in [2.24, 2.45) is 10.2 Å². The van der Waals surface area contributed by atoms with Crippen molar-refractivity contribution < 1.29 is 29.1 Å². The molecule has 11 heteroatoms. The molecule has 0 aliphatic rings. The fraction of sp³-hybridized carbons (Fsp3) is 0.304. The molecule has 0 radical (unpaired) electrons. The molecule has 0 saturated heterocycles. The Labute approximate surface area is 196 Å². The second-order valence-electron chi connectivity index (χ2n) is 7.03. The van der Waals surface area contributed by atoms with Gasteiger partial charge in [-0.05, 0) is 44.2 Å². The number of azo groups is 1. The average Bonchev–Trinajstić information content (AvgIpc) is 2.83. The minimum Gasteiger partial charge on any atom is -0.460 e. The van der Waals surface area contributed by atoms with Crippen LogP contribution in [0.5, 0.6) is 0 Å². The molecule has 2 aromatic carbocycles. The number of nitro benzene ring substituents is 1. The summed E-state index contributed by atoms with van der Waals surface area (Å²) in [6, 6.07) is 10.6. The molecule has 0 fully saturated rings. The van der Waals surface area contributed by atoms with Gasteiger partial charge in [0.25, 0.3) is 5.69 Å². The highest BCUT2D eigenvalue weighted by Gasteiger charge is 2.18. The van der Waals surface area contributed by atoms with Crippen molar-refractivity contribution in [3.8, 4) is 0 Å². The van der Waals surface area contributed by atoms with Gasteiger partial charge in [0.2, 0.25) is 0 Å². The van der Waals surface area contributed by atoms with Crippen molar-refractivity contribution in [1.82, 2.24) is 0 Å². The number of nitro groups is 1. The maximum absolute atomic E-state index is 12.2. The third-order valence-corrected chi connectivity index (χ3v) is 4.55. The number of anilines is 1. The molecule has 0 spiro atoms. The van der Waals surface area contributed by atoms with Crippen LogP contribution in [0.2, 0.25) is 0 Å². The number of benzene rings is 2. The van der Waals surface area contributed by atoms with Gasteiger partial charge in [0.1, 0.15) is 18.9 Å². The number of aliphatic hydroxyl groups excluding tert-OH is 1. The number of carbonyl (C=O) groups excluding carboxylic acids is 2. The molecule has 0 bridgehead atoms. The van der Waals surface area contributed by atoms with Crippen LogP contribution in [0.1, 0.15) is 24.2 Å². The topological polar surface area (TPSA) is 144 Å². The van der Waals surface area contributed by atoms with Crippen molar-refractivity contribution in [1.29, 1.82) is 0 Å². The molecule has 2 aromatic rings. The van der Waals surface area contributed by atoms with Gasteiger partial charge < -0.3 is 19.5 Å². The van der Waals surface area contributed by atoms with E-state index in [1.807, 2.05) is 24.0 Å². The van der Waals surface area contributed by atoms with Crippen LogP contribution in [0.4, 0.5) is 22.7 Å². The number of nitrogens with zero attached hydrogens (tertiary/aromatic N) is 4.